The van der Waals surface area contributed by atoms with Gasteiger partial charge in [-0.3, -0.25) is 5.10 Å². The van der Waals surface area contributed by atoms with E-state index in [1.165, 1.54) is 25.7 Å². The standard InChI is InChI=1S/C10H17N3/c1-7-2-4-8(5-3-7)9-6-10(11)13-12-9/h6-8H,2-5H2,1H3,(H3,11,12,13). The molecule has 3 nitrogen and oxygen atoms in total. The number of hydrogen-bond acceptors (Lipinski definition) is 2. The third kappa shape index (κ3) is 1.85. The summed E-state index contributed by atoms with van der Waals surface area (Å²) < 4.78 is 0. The van der Waals surface area contributed by atoms with E-state index in [2.05, 4.69) is 17.1 Å². The second-order valence-electron chi connectivity index (χ2n) is 4.20. The molecule has 72 valence electrons. The van der Waals surface area contributed by atoms with Crippen LogP contribution in [0.3, 0.4) is 0 Å². The van der Waals surface area contributed by atoms with Crippen LogP contribution in [0.4, 0.5) is 5.82 Å². The number of nitrogens with one attached hydrogen (secondary N) is 1. The van der Waals surface area contributed by atoms with Crippen molar-refractivity contribution in [3.63, 3.8) is 0 Å². The average molecular weight is 179 g/mol. The van der Waals surface area contributed by atoms with E-state index in [9.17, 15) is 0 Å². The minimum absolute atomic E-state index is 0.643. The molecule has 13 heavy (non-hydrogen) atoms. The minimum Gasteiger partial charge on any atom is -0.384 e. The summed E-state index contributed by atoms with van der Waals surface area (Å²) in [7, 11) is 0. The Morgan fingerprint density at radius 3 is 2.62 bits per heavy atom. The molecule has 3 N–H and O–H groups in total. The van der Waals surface area contributed by atoms with E-state index in [-0.39, 0.29) is 0 Å². The van der Waals surface area contributed by atoms with Gasteiger partial charge < -0.3 is 5.73 Å². The molecular formula is C10H17N3. The number of nitrogen functional groups attached to an aromatic ring is 1. The molecule has 1 aliphatic rings. The number of hydrogen-bond donors (Lipinski definition) is 2. The predicted octanol–water partition coefficient (Wildman–Crippen LogP) is 2.29. The summed E-state index contributed by atoms with van der Waals surface area (Å²) in [5.74, 6) is 2.23. The third-order valence-electron chi connectivity index (χ3n) is 3.05. The van der Waals surface area contributed by atoms with Crippen molar-refractivity contribution in [2.75, 3.05) is 5.73 Å². The van der Waals surface area contributed by atoms with Gasteiger partial charge in [0.1, 0.15) is 5.82 Å². The van der Waals surface area contributed by atoms with Crippen LogP contribution in [0, 0.1) is 5.92 Å². The molecule has 3 heteroatoms. The molecule has 0 saturated heterocycles. The van der Waals surface area contributed by atoms with Gasteiger partial charge in [0.25, 0.3) is 0 Å². The molecule has 0 atom stereocenters. The summed E-state index contributed by atoms with van der Waals surface area (Å²) >= 11 is 0. The van der Waals surface area contributed by atoms with Crippen molar-refractivity contribution in [1.82, 2.24) is 10.2 Å². The van der Waals surface area contributed by atoms with Crippen molar-refractivity contribution in [3.05, 3.63) is 11.8 Å². The first-order chi connectivity index (χ1) is 6.25. The molecule has 0 spiro atoms. The van der Waals surface area contributed by atoms with Crippen LogP contribution < -0.4 is 5.73 Å². The molecule has 1 saturated carbocycles. The van der Waals surface area contributed by atoms with Crippen LogP contribution in [-0.4, -0.2) is 10.2 Å². The molecule has 2 rings (SSSR count). The zero-order valence-electron chi connectivity index (χ0n) is 8.09. The normalized spacial score (nSPS) is 29.0. The Morgan fingerprint density at radius 2 is 2.08 bits per heavy atom. The minimum atomic E-state index is 0.643. The first kappa shape index (κ1) is 8.60. The SMILES string of the molecule is CC1CCC(c2cc(N)[nH]n2)CC1. The highest BCUT2D eigenvalue weighted by atomic mass is 15.2. The highest BCUT2D eigenvalue weighted by Crippen LogP contribution is 2.34. The van der Waals surface area contributed by atoms with Crippen molar-refractivity contribution in [2.24, 2.45) is 5.92 Å². The number of aromatic amines is 1. The molecule has 1 aromatic rings. The Hall–Kier alpha value is -0.990. The Morgan fingerprint density at radius 1 is 1.38 bits per heavy atom. The summed E-state index contributed by atoms with van der Waals surface area (Å²) in [6.45, 7) is 2.33. The van der Waals surface area contributed by atoms with Crippen molar-refractivity contribution >= 4 is 5.82 Å². The number of H-pyrrole nitrogens is 1. The van der Waals surface area contributed by atoms with Gasteiger partial charge in [-0.15, -0.1) is 0 Å². The fourth-order valence-corrected chi connectivity index (χ4v) is 2.12. The number of nitrogens with two attached hydrogens (primary N) is 1. The van der Waals surface area contributed by atoms with Crippen LogP contribution in [0.25, 0.3) is 0 Å². The molecule has 1 heterocycles. The Bertz CT molecular complexity index is 271. The van der Waals surface area contributed by atoms with E-state index in [0.29, 0.717) is 11.7 Å². The summed E-state index contributed by atoms with van der Waals surface area (Å²) in [5.41, 5.74) is 6.75. The van der Waals surface area contributed by atoms with Gasteiger partial charge in [0.05, 0.1) is 5.69 Å². The molecule has 1 fully saturated rings. The van der Waals surface area contributed by atoms with Gasteiger partial charge in [-0.1, -0.05) is 19.8 Å². The molecule has 1 aliphatic carbocycles. The Kier molecular flexibility index (Phi) is 2.25. The first-order valence-corrected chi connectivity index (χ1v) is 5.06. The van der Waals surface area contributed by atoms with Gasteiger partial charge in [-0.2, -0.15) is 5.10 Å². The lowest BCUT2D eigenvalue weighted by Crippen LogP contribution is -2.11. The van der Waals surface area contributed by atoms with Crippen LogP contribution in [-0.2, 0) is 0 Å². The summed E-state index contributed by atoms with van der Waals surface area (Å²) in [6.07, 6.45) is 5.20. The van der Waals surface area contributed by atoms with E-state index in [0.717, 1.165) is 11.6 Å². The molecule has 0 aromatic carbocycles. The fourth-order valence-electron chi connectivity index (χ4n) is 2.12. The molecule has 0 radical (unpaired) electrons. The largest absolute Gasteiger partial charge is 0.384 e. The van der Waals surface area contributed by atoms with E-state index >= 15 is 0 Å². The van der Waals surface area contributed by atoms with Crippen LogP contribution in [0.15, 0.2) is 6.07 Å². The molecule has 0 bridgehead atoms. The number of anilines is 1. The highest BCUT2D eigenvalue weighted by Gasteiger charge is 2.21. The highest BCUT2D eigenvalue weighted by molar-refractivity contribution is 5.30. The molecule has 0 unspecified atom stereocenters. The molecule has 0 aliphatic heterocycles. The molecular weight excluding hydrogens is 162 g/mol. The average Bonchev–Trinajstić information content (AvgIpc) is 2.53. The van der Waals surface area contributed by atoms with Crippen molar-refractivity contribution in [3.8, 4) is 0 Å². The van der Waals surface area contributed by atoms with Gasteiger partial charge in [0.2, 0.25) is 0 Å². The van der Waals surface area contributed by atoms with Gasteiger partial charge >= 0.3 is 0 Å². The summed E-state index contributed by atoms with van der Waals surface area (Å²) in [6, 6.07) is 1.97. The fraction of sp³-hybridized carbons (Fsp3) is 0.700. The summed E-state index contributed by atoms with van der Waals surface area (Å²) in [4.78, 5) is 0. The van der Waals surface area contributed by atoms with Crippen molar-refractivity contribution in [2.45, 2.75) is 38.5 Å². The summed E-state index contributed by atoms with van der Waals surface area (Å²) in [5, 5.41) is 7.02. The number of nitrogens with zero attached hydrogens (tertiary/aromatic N) is 1. The van der Waals surface area contributed by atoms with Gasteiger partial charge in [-0.25, -0.2) is 0 Å². The van der Waals surface area contributed by atoms with Crippen LogP contribution >= 0.6 is 0 Å². The molecule has 0 amide bonds. The zero-order valence-corrected chi connectivity index (χ0v) is 8.09. The van der Waals surface area contributed by atoms with Crippen LogP contribution in [0.2, 0.25) is 0 Å². The lowest BCUT2D eigenvalue weighted by molar-refractivity contribution is 0.344. The van der Waals surface area contributed by atoms with E-state index in [1.807, 2.05) is 6.07 Å². The second-order valence-corrected chi connectivity index (χ2v) is 4.20. The van der Waals surface area contributed by atoms with Crippen molar-refractivity contribution in [1.29, 1.82) is 0 Å². The third-order valence-corrected chi connectivity index (χ3v) is 3.05. The predicted molar refractivity (Wildman–Crippen MR) is 53.4 cm³/mol. The van der Waals surface area contributed by atoms with E-state index in [4.69, 9.17) is 5.73 Å². The van der Waals surface area contributed by atoms with E-state index < -0.39 is 0 Å². The van der Waals surface area contributed by atoms with Gasteiger partial charge in [0.15, 0.2) is 0 Å². The first-order valence-electron chi connectivity index (χ1n) is 5.06. The maximum absolute atomic E-state index is 5.59. The Balaban J connectivity index is 2.02. The second kappa shape index (κ2) is 3.40. The van der Waals surface area contributed by atoms with Gasteiger partial charge in [0, 0.05) is 12.0 Å². The lowest BCUT2D eigenvalue weighted by atomic mass is 9.81. The van der Waals surface area contributed by atoms with Crippen molar-refractivity contribution < 1.29 is 0 Å². The lowest BCUT2D eigenvalue weighted by Gasteiger charge is -2.24. The quantitative estimate of drug-likeness (QED) is 0.695. The number of aromatic nitrogens is 2. The van der Waals surface area contributed by atoms with Crippen LogP contribution in [0.1, 0.15) is 44.2 Å². The molecule has 1 aromatic heterocycles. The maximum Gasteiger partial charge on any atom is 0.119 e. The topological polar surface area (TPSA) is 54.7 Å². The number of rotatable bonds is 1. The Labute approximate surface area is 78.7 Å². The maximum atomic E-state index is 5.59. The smallest absolute Gasteiger partial charge is 0.119 e. The van der Waals surface area contributed by atoms with Gasteiger partial charge in [-0.05, 0) is 18.8 Å². The van der Waals surface area contributed by atoms with Crippen LogP contribution in [0.5, 0.6) is 0 Å². The monoisotopic (exact) mass is 179 g/mol. The zero-order chi connectivity index (χ0) is 9.26. The van der Waals surface area contributed by atoms with E-state index in [1.54, 1.807) is 0 Å².